The molecule has 160 valence electrons. The fourth-order valence-corrected chi connectivity index (χ4v) is 4.56. The van der Waals surface area contributed by atoms with Gasteiger partial charge in [0.15, 0.2) is 11.6 Å². The van der Waals surface area contributed by atoms with E-state index in [1.807, 2.05) is 23.1 Å². The Balaban J connectivity index is 1.37. The minimum Gasteiger partial charge on any atom is -0.352 e. The average Bonchev–Trinajstić information content (AvgIpc) is 2.80. The molecular weight excluding hydrogens is 374 g/mol. The molecule has 0 aliphatic carbocycles. The highest BCUT2D eigenvalue weighted by molar-refractivity contribution is 5.94. The number of piperidine rings is 1. The molecule has 1 atom stereocenters. The fraction of sp³-hybridized carbons (Fsp3) is 0.542. The molecule has 0 bridgehead atoms. The number of amides is 1. The summed E-state index contributed by atoms with van der Waals surface area (Å²) in [5.74, 6) is 2.02. The van der Waals surface area contributed by atoms with Gasteiger partial charge in [0, 0.05) is 44.3 Å². The molecule has 1 unspecified atom stereocenters. The van der Waals surface area contributed by atoms with Crippen LogP contribution in [-0.2, 0) is 0 Å². The third-order valence-electron chi connectivity index (χ3n) is 6.67. The summed E-state index contributed by atoms with van der Waals surface area (Å²) in [5, 5.41) is 9.08. The third-order valence-corrected chi connectivity index (χ3v) is 6.67. The number of nitrogens with zero attached hydrogens (tertiary/aromatic N) is 5. The minimum absolute atomic E-state index is 0.120. The second-order valence-corrected chi connectivity index (χ2v) is 8.58. The Morgan fingerprint density at radius 1 is 0.933 bits per heavy atom. The molecule has 0 radical (unpaired) electrons. The molecule has 2 aliphatic rings. The Morgan fingerprint density at radius 3 is 2.33 bits per heavy atom. The zero-order chi connectivity index (χ0) is 21.1. The molecule has 0 N–H and O–H groups in total. The van der Waals surface area contributed by atoms with Gasteiger partial charge >= 0.3 is 0 Å². The minimum atomic E-state index is 0.120. The van der Waals surface area contributed by atoms with Gasteiger partial charge in [-0.1, -0.05) is 13.0 Å². The van der Waals surface area contributed by atoms with Gasteiger partial charge in [0.05, 0.1) is 0 Å². The summed E-state index contributed by atoms with van der Waals surface area (Å²) in [6.45, 7) is 10.4. The van der Waals surface area contributed by atoms with E-state index in [0.717, 1.165) is 48.8 Å². The molecule has 2 aromatic rings. The van der Waals surface area contributed by atoms with Gasteiger partial charge in [-0.3, -0.25) is 4.79 Å². The predicted molar refractivity (Wildman–Crippen MR) is 121 cm³/mol. The Morgan fingerprint density at radius 2 is 1.67 bits per heavy atom. The molecule has 4 rings (SSSR count). The van der Waals surface area contributed by atoms with Crippen molar-refractivity contribution in [2.45, 2.75) is 52.5 Å². The number of carbonyl (C=O) groups is 1. The van der Waals surface area contributed by atoms with Gasteiger partial charge in [-0.15, -0.1) is 10.2 Å². The lowest BCUT2D eigenvalue weighted by Crippen LogP contribution is -2.49. The zero-order valence-electron chi connectivity index (χ0n) is 18.5. The zero-order valence-corrected chi connectivity index (χ0v) is 18.5. The monoisotopic (exact) mass is 407 g/mol. The van der Waals surface area contributed by atoms with Crippen LogP contribution in [0.25, 0.3) is 0 Å². The quantitative estimate of drug-likeness (QED) is 0.771. The van der Waals surface area contributed by atoms with Gasteiger partial charge in [-0.25, -0.2) is 0 Å². The van der Waals surface area contributed by atoms with Crippen LogP contribution in [0.2, 0.25) is 0 Å². The maximum atomic E-state index is 12.9. The lowest BCUT2D eigenvalue weighted by molar-refractivity contribution is 0.0746. The van der Waals surface area contributed by atoms with Gasteiger partial charge in [0.1, 0.15) is 0 Å². The Kier molecular flexibility index (Phi) is 6.21. The first-order valence-corrected chi connectivity index (χ1v) is 11.3. The van der Waals surface area contributed by atoms with Gasteiger partial charge in [-0.2, -0.15) is 0 Å². The topological polar surface area (TPSA) is 52.6 Å². The van der Waals surface area contributed by atoms with Crippen LogP contribution in [0.4, 0.5) is 11.6 Å². The number of rotatable bonds is 4. The van der Waals surface area contributed by atoms with E-state index in [4.69, 9.17) is 0 Å². The standard InChI is InChI=1S/C24H33N5O/c1-4-21-7-5-6-12-29(21)23-11-10-22(25-26-23)27-13-15-28(16-14-27)24(30)20-9-8-18(2)19(3)17-20/h8-11,17,21H,4-7,12-16H2,1-3H3. The van der Waals surface area contributed by atoms with Crippen LogP contribution in [0.5, 0.6) is 0 Å². The highest BCUT2D eigenvalue weighted by atomic mass is 16.2. The number of aromatic nitrogens is 2. The summed E-state index contributed by atoms with van der Waals surface area (Å²) in [4.78, 5) is 19.5. The Bertz CT molecular complexity index is 874. The number of piperazine rings is 1. The number of hydrogen-bond donors (Lipinski definition) is 0. The maximum absolute atomic E-state index is 12.9. The van der Waals surface area contributed by atoms with Crippen LogP contribution in [-0.4, -0.2) is 59.8 Å². The smallest absolute Gasteiger partial charge is 0.253 e. The maximum Gasteiger partial charge on any atom is 0.253 e. The van der Waals surface area contributed by atoms with Gasteiger partial charge < -0.3 is 14.7 Å². The average molecular weight is 408 g/mol. The second kappa shape index (κ2) is 9.02. The van der Waals surface area contributed by atoms with Crippen molar-refractivity contribution in [1.82, 2.24) is 15.1 Å². The van der Waals surface area contributed by atoms with Crippen molar-refractivity contribution in [3.8, 4) is 0 Å². The first-order valence-electron chi connectivity index (χ1n) is 11.3. The van der Waals surface area contributed by atoms with Crippen molar-refractivity contribution in [3.63, 3.8) is 0 Å². The summed E-state index contributed by atoms with van der Waals surface area (Å²) in [6, 6.07) is 10.7. The summed E-state index contributed by atoms with van der Waals surface area (Å²) in [7, 11) is 0. The SMILES string of the molecule is CCC1CCCCN1c1ccc(N2CCN(C(=O)c3ccc(C)c(C)c3)CC2)nn1. The molecule has 2 aliphatic heterocycles. The van der Waals surface area contributed by atoms with E-state index in [2.05, 4.69) is 52.9 Å². The fourth-order valence-electron chi connectivity index (χ4n) is 4.56. The van der Waals surface area contributed by atoms with Crippen LogP contribution in [0.1, 0.15) is 54.1 Å². The third kappa shape index (κ3) is 4.27. The molecule has 1 amide bonds. The van der Waals surface area contributed by atoms with Crippen molar-refractivity contribution in [1.29, 1.82) is 0 Å². The van der Waals surface area contributed by atoms with Crippen molar-refractivity contribution >= 4 is 17.5 Å². The number of benzene rings is 1. The summed E-state index contributed by atoms with van der Waals surface area (Å²) < 4.78 is 0. The normalized spacial score (nSPS) is 19.8. The Hall–Kier alpha value is -2.63. The molecular formula is C24H33N5O. The van der Waals surface area contributed by atoms with E-state index < -0.39 is 0 Å². The van der Waals surface area contributed by atoms with E-state index in [0.29, 0.717) is 19.1 Å². The molecule has 0 spiro atoms. The van der Waals surface area contributed by atoms with E-state index in [1.165, 1.54) is 24.8 Å². The number of anilines is 2. The number of hydrogen-bond acceptors (Lipinski definition) is 5. The second-order valence-electron chi connectivity index (χ2n) is 8.58. The largest absolute Gasteiger partial charge is 0.352 e. The van der Waals surface area contributed by atoms with Crippen LogP contribution in [0, 0.1) is 13.8 Å². The van der Waals surface area contributed by atoms with E-state index in [1.54, 1.807) is 0 Å². The van der Waals surface area contributed by atoms with Crippen LogP contribution < -0.4 is 9.80 Å². The lowest BCUT2D eigenvalue weighted by atomic mass is 10.0. The highest BCUT2D eigenvalue weighted by Crippen LogP contribution is 2.25. The molecule has 6 nitrogen and oxygen atoms in total. The molecule has 2 fully saturated rings. The summed E-state index contributed by atoms with van der Waals surface area (Å²) in [5.41, 5.74) is 3.16. The van der Waals surface area contributed by atoms with Gasteiger partial charge in [0.2, 0.25) is 0 Å². The molecule has 30 heavy (non-hydrogen) atoms. The van der Waals surface area contributed by atoms with E-state index in [-0.39, 0.29) is 5.91 Å². The molecule has 3 heterocycles. The molecule has 1 aromatic carbocycles. The molecule has 6 heteroatoms. The van der Waals surface area contributed by atoms with E-state index in [9.17, 15) is 4.79 Å². The van der Waals surface area contributed by atoms with Crippen molar-refractivity contribution in [2.24, 2.45) is 0 Å². The van der Waals surface area contributed by atoms with E-state index >= 15 is 0 Å². The van der Waals surface area contributed by atoms with Gasteiger partial charge in [-0.05, 0) is 74.9 Å². The molecule has 2 saturated heterocycles. The van der Waals surface area contributed by atoms with Gasteiger partial charge in [0.25, 0.3) is 5.91 Å². The number of carbonyl (C=O) groups excluding carboxylic acids is 1. The molecule has 1 aromatic heterocycles. The first kappa shape index (κ1) is 20.6. The lowest BCUT2D eigenvalue weighted by Gasteiger charge is -2.37. The van der Waals surface area contributed by atoms with Crippen LogP contribution in [0.15, 0.2) is 30.3 Å². The number of aryl methyl sites for hydroxylation is 2. The predicted octanol–water partition coefficient (Wildman–Crippen LogP) is 3.82. The summed E-state index contributed by atoms with van der Waals surface area (Å²) >= 11 is 0. The van der Waals surface area contributed by atoms with Crippen molar-refractivity contribution in [3.05, 3.63) is 47.0 Å². The van der Waals surface area contributed by atoms with Crippen molar-refractivity contribution in [2.75, 3.05) is 42.5 Å². The first-order chi connectivity index (χ1) is 14.6. The Labute approximate surface area is 179 Å². The summed E-state index contributed by atoms with van der Waals surface area (Å²) in [6.07, 6.45) is 4.94. The molecule has 0 saturated carbocycles. The van der Waals surface area contributed by atoms with Crippen LogP contribution >= 0.6 is 0 Å². The van der Waals surface area contributed by atoms with Crippen LogP contribution in [0.3, 0.4) is 0 Å². The highest BCUT2D eigenvalue weighted by Gasteiger charge is 2.25. The van der Waals surface area contributed by atoms with Crippen molar-refractivity contribution < 1.29 is 4.79 Å².